The Morgan fingerprint density at radius 3 is 2.12 bits per heavy atom. The van der Waals surface area contributed by atoms with Crippen molar-refractivity contribution >= 4 is 11.4 Å². The van der Waals surface area contributed by atoms with E-state index >= 15 is 0 Å². The van der Waals surface area contributed by atoms with Crippen LogP contribution in [0.15, 0.2) is 41.2 Å². The lowest BCUT2D eigenvalue weighted by Crippen LogP contribution is -2.25. The van der Waals surface area contributed by atoms with Crippen molar-refractivity contribution in [3.63, 3.8) is 0 Å². The van der Waals surface area contributed by atoms with E-state index in [1.54, 1.807) is 12.1 Å². The minimum Gasteiger partial charge on any atom is -0.476 e. The Labute approximate surface area is 196 Å². The number of hydrogen-bond donors (Lipinski definition) is 1. The summed E-state index contributed by atoms with van der Waals surface area (Å²) in [4.78, 5) is 4.72. The monoisotopic (exact) mass is 446 g/mol. The van der Waals surface area contributed by atoms with Crippen LogP contribution >= 0.6 is 0 Å². The smallest absolute Gasteiger partial charge is 0.186 e. The van der Waals surface area contributed by atoms with E-state index in [-0.39, 0.29) is 12.0 Å². The summed E-state index contributed by atoms with van der Waals surface area (Å²) < 4.78 is 19.5. The Morgan fingerprint density at radius 2 is 1.66 bits per heavy atom. The number of nitrogens with zero attached hydrogens (tertiary/aromatic N) is 1. The molecule has 182 valence electrons. The standard InChI is InChI=1S/C28H47FN2O/c1-9-21(6)19-28(10-2,11-3)17-16-22(7)32-27(30)18-26(20(4)5)31-25-14-12-24(13-15-25)23(8)29/h12-15,18,20-23H,9-11,16-17,19,30H2,1-8H3/b27-18+,31-26?. The van der Waals surface area contributed by atoms with Crippen LogP contribution in [-0.2, 0) is 4.74 Å². The van der Waals surface area contributed by atoms with Crippen LogP contribution in [-0.4, -0.2) is 11.8 Å². The Hall–Kier alpha value is -1.84. The lowest BCUT2D eigenvalue weighted by molar-refractivity contribution is 0.0900. The van der Waals surface area contributed by atoms with Gasteiger partial charge in [-0.15, -0.1) is 0 Å². The third-order valence-corrected chi connectivity index (χ3v) is 6.89. The molecule has 0 saturated carbocycles. The third kappa shape index (κ3) is 9.34. The molecule has 0 amide bonds. The van der Waals surface area contributed by atoms with Crippen LogP contribution in [0.25, 0.3) is 0 Å². The number of ether oxygens (including phenoxy) is 1. The summed E-state index contributed by atoms with van der Waals surface area (Å²) in [6, 6.07) is 7.24. The minimum atomic E-state index is -0.979. The van der Waals surface area contributed by atoms with Crippen LogP contribution in [0.2, 0.25) is 0 Å². The zero-order valence-corrected chi connectivity index (χ0v) is 21.7. The van der Waals surface area contributed by atoms with Gasteiger partial charge in [0.05, 0.1) is 11.8 Å². The lowest BCUT2D eigenvalue weighted by Gasteiger charge is -2.35. The highest BCUT2D eigenvalue weighted by molar-refractivity contribution is 5.98. The summed E-state index contributed by atoms with van der Waals surface area (Å²) in [5.41, 5.74) is 8.93. The number of nitrogens with two attached hydrogens (primary N) is 1. The lowest BCUT2D eigenvalue weighted by atomic mass is 9.71. The van der Waals surface area contributed by atoms with E-state index in [1.165, 1.54) is 32.6 Å². The van der Waals surface area contributed by atoms with Gasteiger partial charge in [0.25, 0.3) is 0 Å². The molecule has 0 bridgehead atoms. The predicted octanol–water partition coefficient (Wildman–Crippen LogP) is 8.67. The number of benzene rings is 1. The summed E-state index contributed by atoms with van der Waals surface area (Å²) >= 11 is 0. The van der Waals surface area contributed by atoms with Crippen molar-refractivity contribution in [1.82, 2.24) is 0 Å². The number of allylic oxidation sites excluding steroid dienone is 1. The van der Waals surface area contributed by atoms with Crippen molar-refractivity contribution in [1.29, 1.82) is 0 Å². The van der Waals surface area contributed by atoms with Gasteiger partial charge in [0, 0.05) is 11.8 Å². The number of hydrogen-bond acceptors (Lipinski definition) is 3. The summed E-state index contributed by atoms with van der Waals surface area (Å²) in [7, 11) is 0. The molecule has 1 aromatic carbocycles. The normalized spacial score (nSPS) is 16.2. The van der Waals surface area contributed by atoms with Gasteiger partial charge < -0.3 is 10.5 Å². The van der Waals surface area contributed by atoms with E-state index in [4.69, 9.17) is 15.5 Å². The summed E-state index contributed by atoms with van der Waals surface area (Å²) in [5.74, 6) is 1.35. The molecule has 0 aliphatic carbocycles. The second-order valence-electron chi connectivity index (χ2n) is 9.84. The van der Waals surface area contributed by atoms with Crippen LogP contribution in [0, 0.1) is 17.3 Å². The zero-order valence-electron chi connectivity index (χ0n) is 21.7. The SMILES string of the molecule is CCC(C)CC(CC)(CC)CCC(C)O/C(N)=C/C(=Nc1ccc(C(C)F)cc1)C(C)C. The highest BCUT2D eigenvalue weighted by Crippen LogP contribution is 2.40. The van der Waals surface area contributed by atoms with Crippen LogP contribution in [0.3, 0.4) is 0 Å². The molecule has 3 unspecified atom stereocenters. The molecule has 0 radical (unpaired) electrons. The van der Waals surface area contributed by atoms with Crippen LogP contribution in [0.5, 0.6) is 0 Å². The van der Waals surface area contributed by atoms with E-state index in [9.17, 15) is 4.39 Å². The second kappa shape index (κ2) is 13.6. The quantitative estimate of drug-likeness (QED) is 0.229. The molecule has 3 atom stereocenters. The highest BCUT2D eigenvalue weighted by atomic mass is 19.1. The first-order valence-corrected chi connectivity index (χ1v) is 12.5. The average Bonchev–Trinajstić information content (AvgIpc) is 2.76. The molecular weight excluding hydrogens is 399 g/mol. The fourth-order valence-corrected chi connectivity index (χ4v) is 4.15. The van der Waals surface area contributed by atoms with Crippen molar-refractivity contribution in [2.75, 3.05) is 0 Å². The van der Waals surface area contributed by atoms with Gasteiger partial charge in [-0.2, -0.15) is 0 Å². The van der Waals surface area contributed by atoms with Crippen molar-refractivity contribution < 1.29 is 9.13 Å². The molecule has 3 nitrogen and oxygen atoms in total. The Balaban J connectivity index is 2.83. The maximum Gasteiger partial charge on any atom is 0.186 e. The van der Waals surface area contributed by atoms with Gasteiger partial charge in [0.15, 0.2) is 5.88 Å². The second-order valence-corrected chi connectivity index (χ2v) is 9.84. The Kier molecular flexibility index (Phi) is 12.0. The molecule has 0 aromatic heterocycles. The molecule has 0 aliphatic rings. The fraction of sp³-hybridized carbons (Fsp3) is 0.679. The van der Waals surface area contributed by atoms with Gasteiger partial charge in [0.1, 0.15) is 6.17 Å². The molecule has 0 spiro atoms. The van der Waals surface area contributed by atoms with Gasteiger partial charge in [-0.05, 0) is 68.1 Å². The Morgan fingerprint density at radius 1 is 1.06 bits per heavy atom. The topological polar surface area (TPSA) is 47.6 Å². The summed E-state index contributed by atoms with van der Waals surface area (Å²) in [5, 5.41) is 0. The minimum absolute atomic E-state index is 0.0550. The van der Waals surface area contributed by atoms with Crippen LogP contribution in [0.4, 0.5) is 10.1 Å². The van der Waals surface area contributed by atoms with Crippen molar-refractivity contribution in [3.05, 3.63) is 41.8 Å². The molecular formula is C28H47FN2O. The van der Waals surface area contributed by atoms with Crippen LogP contribution < -0.4 is 5.73 Å². The van der Waals surface area contributed by atoms with Crippen molar-refractivity contribution in [3.8, 4) is 0 Å². The molecule has 0 heterocycles. The molecule has 4 heteroatoms. The molecule has 2 N–H and O–H groups in total. The van der Waals surface area contributed by atoms with Gasteiger partial charge in [-0.3, -0.25) is 4.99 Å². The average molecular weight is 447 g/mol. The summed E-state index contributed by atoms with van der Waals surface area (Å²) in [6.07, 6.45) is 7.97. The van der Waals surface area contributed by atoms with Crippen molar-refractivity contribution in [2.24, 2.45) is 28.0 Å². The van der Waals surface area contributed by atoms with Crippen LogP contribution in [0.1, 0.15) is 106 Å². The fourth-order valence-electron chi connectivity index (χ4n) is 4.15. The molecule has 0 aliphatic heterocycles. The van der Waals surface area contributed by atoms with E-state index in [0.29, 0.717) is 16.9 Å². The van der Waals surface area contributed by atoms with Gasteiger partial charge in [-0.1, -0.05) is 72.9 Å². The number of rotatable bonds is 14. The molecule has 1 rings (SSSR count). The maximum atomic E-state index is 13.4. The Bertz CT molecular complexity index is 717. The zero-order chi connectivity index (χ0) is 24.3. The first-order valence-electron chi connectivity index (χ1n) is 12.5. The third-order valence-electron chi connectivity index (χ3n) is 6.89. The molecule has 1 aromatic rings. The van der Waals surface area contributed by atoms with E-state index < -0.39 is 6.17 Å². The molecule has 32 heavy (non-hydrogen) atoms. The van der Waals surface area contributed by atoms with E-state index in [2.05, 4.69) is 48.5 Å². The number of aliphatic imine (C=N–C) groups is 1. The van der Waals surface area contributed by atoms with E-state index in [1.807, 2.05) is 18.2 Å². The van der Waals surface area contributed by atoms with Gasteiger partial charge in [0.2, 0.25) is 0 Å². The molecule has 0 saturated heterocycles. The maximum absolute atomic E-state index is 13.4. The first kappa shape index (κ1) is 28.2. The largest absolute Gasteiger partial charge is 0.476 e. The number of halogens is 1. The van der Waals surface area contributed by atoms with Crippen molar-refractivity contribution in [2.45, 2.75) is 106 Å². The predicted molar refractivity (Wildman–Crippen MR) is 137 cm³/mol. The highest BCUT2D eigenvalue weighted by Gasteiger charge is 2.28. The first-order chi connectivity index (χ1) is 15.1. The molecule has 0 fully saturated rings. The van der Waals surface area contributed by atoms with Gasteiger partial charge >= 0.3 is 0 Å². The number of alkyl halides is 1. The van der Waals surface area contributed by atoms with E-state index in [0.717, 1.165) is 30.2 Å². The summed E-state index contributed by atoms with van der Waals surface area (Å²) in [6.45, 7) is 17.1. The van der Waals surface area contributed by atoms with Gasteiger partial charge in [-0.25, -0.2) is 4.39 Å².